The molecular formula is C52H100O6. The molecule has 0 radical (unpaired) electrons. The Morgan fingerprint density at radius 1 is 0.328 bits per heavy atom. The van der Waals surface area contributed by atoms with Gasteiger partial charge in [-0.3, -0.25) is 14.4 Å². The Morgan fingerprint density at radius 2 is 0.569 bits per heavy atom. The van der Waals surface area contributed by atoms with E-state index in [2.05, 4.69) is 34.6 Å². The van der Waals surface area contributed by atoms with Crippen molar-refractivity contribution in [3.8, 4) is 0 Å². The lowest BCUT2D eigenvalue weighted by molar-refractivity contribution is -0.167. The van der Waals surface area contributed by atoms with E-state index in [-0.39, 0.29) is 31.1 Å². The van der Waals surface area contributed by atoms with Gasteiger partial charge in [0, 0.05) is 19.3 Å². The Balaban J connectivity index is 4.31. The number of rotatable bonds is 46. The van der Waals surface area contributed by atoms with Gasteiger partial charge in [-0.15, -0.1) is 0 Å². The molecule has 344 valence electrons. The van der Waals surface area contributed by atoms with Crippen molar-refractivity contribution in [3.05, 3.63) is 0 Å². The molecular weight excluding hydrogens is 721 g/mol. The second-order valence-electron chi connectivity index (χ2n) is 18.8. The minimum absolute atomic E-state index is 0.0639. The standard InChI is InChI=1S/C52H100O6/c1-6-7-8-9-10-11-12-14-18-21-27-32-37-42-50(53)56-45-49(46-57-51(54)43-38-33-28-24-23-26-31-36-41-48(4)5)58-52(55)44-39-34-29-22-19-16-13-15-17-20-25-30-35-40-47(2)3/h47-49H,6-46H2,1-5H3/t49-/m1/s1. The van der Waals surface area contributed by atoms with E-state index in [1.54, 1.807) is 0 Å². The predicted octanol–water partition coefficient (Wildman–Crippen LogP) is 16.5. The summed E-state index contributed by atoms with van der Waals surface area (Å²) < 4.78 is 16.8. The van der Waals surface area contributed by atoms with Crippen LogP contribution in [-0.2, 0) is 28.6 Å². The van der Waals surface area contributed by atoms with Crippen molar-refractivity contribution in [2.45, 2.75) is 291 Å². The van der Waals surface area contributed by atoms with Crippen LogP contribution in [0.5, 0.6) is 0 Å². The first-order valence-electron chi connectivity index (χ1n) is 25.7. The molecule has 0 unspecified atom stereocenters. The Bertz CT molecular complexity index is 885. The zero-order valence-electron chi connectivity index (χ0n) is 39.7. The van der Waals surface area contributed by atoms with Gasteiger partial charge in [-0.1, -0.05) is 247 Å². The summed E-state index contributed by atoms with van der Waals surface area (Å²) in [5.41, 5.74) is 0. The van der Waals surface area contributed by atoms with Crippen molar-refractivity contribution in [1.82, 2.24) is 0 Å². The van der Waals surface area contributed by atoms with E-state index in [1.807, 2.05) is 0 Å². The Morgan fingerprint density at radius 3 is 0.845 bits per heavy atom. The van der Waals surface area contributed by atoms with Gasteiger partial charge >= 0.3 is 17.9 Å². The van der Waals surface area contributed by atoms with Crippen molar-refractivity contribution in [1.29, 1.82) is 0 Å². The van der Waals surface area contributed by atoms with E-state index in [4.69, 9.17) is 14.2 Å². The molecule has 0 aliphatic carbocycles. The van der Waals surface area contributed by atoms with Crippen LogP contribution in [0.25, 0.3) is 0 Å². The number of unbranched alkanes of at least 4 members (excludes halogenated alkanes) is 31. The summed E-state index contributed by atoms with van der Waals surface area (Å²) in [7, 11) is 0. The lowest BCUT2D eigenvalue weighted by Crippen LogP contribution is -2.30. The monoisotopic (exact) mass is 821 g/mol. The minimum Gasteiger partial charge on any atom is -0.462 e. The van der Waals surface area contributed by atoms with Gasteiger partial charge in [-0.2, -0.15) is 0 Å². The lowest BCUT2D eigenvalue weighted by Gasteiger charge is -2.18. The van der Waals surface area contributed by atoms with Gasteiger partial charge in [0.25, 0.3) is 0 Å². The molecule has 0 fully saturated rings. The maximum absolute atomic E-state index is 12.8. The first-order valence-corrected chi connectivity index (χ1v) is 25.7. The first kappa shape index (κ1) is 56.4. The Labute approximate surface area is 361 Å². The molecule has 0 aliphatic rings. The van der Waals surface area contributed by atoms with Crippen molar-refractivity contribution in [3.63, 3.8) is 0 Å². The largest absolute Gasteiger partial charge is 0.462 e. The Kier molecular flexibility index (Phi) is 43.7. The summed E-state index contributed by atoms with van der Waals surface area (Å²) in [5.74, 6) is 0.785. The molecule has 0 heterocycles. The lowest BCUT2D eigenvalue weighted by atomic mass is 10.0. The van der Waals surface area contributed by atoms with E-state index in [0.29, 0.717) is 19.3 Å². The summed E-state index contributed by atoms with van der Waals surface area (Å²) in [6.45, 7) is 11.3. The van der Waals surface area contributed by atoms with E-state index in [9.17, 15) is 14.4 Å². The van der Waals surface area contributed by atoms with Gasteiger partial charge in [0.2, 0.25) is 0 Å². The van der Waals surface area contributed by atoms with Crippen LogP contribution in [-0.4, -0.2) is 37.2 Å². The quantitative estimate of drug-likeness (QED) is 0.0346. The minimum atomic E-state index is -0.761. The molecule has 0 amide bonds. The molecule has 0 aromatic rings. The maximum atomic E-state index is 12.8. The molecule has 6 nitrogen and oxygen atoms in total. The van der Waals surface area contributed by atoms with Crippen molar-refractivity contribution in [2.75, 3.05) is 13.2 Å². The number of ether oxygens (including phenoxy) is 3. The van der Waals surface area contributed by atoms with Crippen molar-refractivity contribution < 1.29 is 28.6 Å². The van der Waals surface area contributed by atoms with E-state index >= 15 is 0 Å². The van der Waals surface area contributed by atoms with Crippen LogP contribution >= 0.6 is 0 Å². The Hall–Kier alpha value is -1.59. The van der Waals surface area contributed by atoms with Gasteiger partial charge < -0.3 is 14.2 Å². The molecule has 0 rings (SSSR count). The topological polar surface area (TPSA) is 78.9 Å². The highest BCUT2D eigenvalue weighted by Crippen LogP contribution is 2.17. The van der Waals surface area contributed by atoms with Crippen LogP contribution in [0.1, 0.15) is 285 Å². The molecule has 0 bridgehead atoms. The summed E-state index contributed by atoms with van der Waals surface area (Å²) in [5, 5.41) is 0. The molecule has 0 spiro atoms. The molecule has 0 aromatic heterocycles. The van der Waals surface area contributed by atoms with Gasteiger partial charge in [0.1, 0.15) is 13.2 Å². The van der Waals surface area contributed by atoms with Gasteiger partial charge in [-0.05, 0) is 31.1 Å². The molecule has 6 heteroatoms. The van der Waals surface area contributed by atoms with Gasteiger partial charge in [0.15, 0.2) is 6.10 Å². The molecule has 0 aliphatic heterocycles. The van der Waals surface area contributed by atoms with E-state index < -0.39 is 6.10 Å². The van der Waals surface area contributed by atoms with Gasteiger partial charge in [0.05, 0.1) is 0 Å². The summed E-state index contributed by atoms with van der Waals surface area (Å²) >= 11 is 0. The third-order valence-corrected chi connectivity index (χ3v) is 11.7. The predicted molar refractivity (Wildman–Crippen MR) is 247 cm³/mol. The fraction of sp³-hybridized carbons (Fsp3) is 0.942. The SMILES string of the molecule is CCCCCCCCCCCCCCCC(=O)OC[C@H](COC(=O)CCCCCCCCCCC(C)C)OC(=O)CCCCCCCCCCCCCCCC(C)C. The number of hydrogen-bond donors (Lipinski definition) is 0. The van der Waals surface area contributed by atoms with Crippen molar-refractivity contribution >= 4 is 17.9 Å². The van der Waals surface area contributed by atoms with E-state index in [0.717, 1.165) is 69.6 Å². The second-order valence-corrected chi connectivity index (χ2v) is 18.8. The molecule has 0 N–H and O–H groups in total. The smallest absolute Gasteiger partial charge is 0.306 e. The van der Waals surface area contributed by atoms with Crippen LogP contribution < -0.4 is 0 Å². The molecule has 0 aromatic carbocycles. The van der Waals surface area contributed by atoms with Crippen LogP contribution in [0.3, 0.4) is 0 Å². The summed E-state index contributed by atoms with van der Waals surface area (Å²) in [6.07, 6.45) is 45.2. The van der Waals surface area contributed by atoms with E-state index in [1.165, 1.54) is 173 Å². The van der Waals surface area contributed by atoms with Crippen molar-refractivity contribution in [2.24, 2.45) is 11.8 Å². The molecule has 0 saturated heterocycles. The normalized spacial score (nSPS) is 12.1. The fourth-order valence-corrected chi connectivity index (χ4v) is 7.81. The average Bonchev–Trinajstić information content (AvgIpc) is 3.19. The maximum Gasteiger partial charge on any atom is 0.306 e. The number of hydrogen-bond acceptors (Lipinski definition) is 6. The highest BCUT2D eigenvalue weighted by molar-refractivity contribution is 5.71. The molecule has 0 saturated carbocycles. The number of carbonyl (C=O) groups is 3. The van der Waals surface area contributed by atoms with Crippen LogP contribution in [0.4, 0.5) is 0 Å². The first-order chi connectivity index (χ1) is 28.2. The summed E-state index contributed by atoms with van der Waals surface area (Å²) in [6, 6.07) is 0. The average molecular weight is 821 g/mol. The van der Waals surface area contributed by atoms with Crippen LogP contribution in [0, 0.1) is 11.8 Å². The highest BCUT2D eigenvalue weighted by atomic mass is 16.6. The third kappa shape index (κ3) is 45.5. The zero-order valence-corrected chi connectivity index (χ0v) is 39.7. The van der Waals surface area contributed by atoms with Crippen LogP contribution in [0.2, 0.25) is 0 Å². The van der Waals surface area contributed by atoms with Gasteiger partial charge in [-0.25, -0.2) is 0 Å². The third-order valence-electron chi connectivity index (χ3n) is 11.7. The zero-order chi connectivity index (χ0) is 42.6. The molecule has 1 atom stereocenters. The second kappa shape index (κ2) is 44.9. The fourth-order valence-electron chi connectivity index (χ4n) is 7.81. The molecule has 58 heavy (non-hydrogen) atoms. The van der Waals surface area contributed by atoms with Crippen LogP contribution in [0.15, 0.2) is 0 Å². The summed E-state index contributed by atoms with van der Waals surface area (Å²) in [4.78, 5) is 37.9. The number of carbonyl (C=O) groups excluding carboxylic acids is 3. The number of esters is 3. The highest BCUT2D eigenvalue weighted by Gasteiger charge is 2.19.